The molecule has 7 nitrogen and oxygen atoms in total. The van der Waals surface area contributed by atoms with Crippen LogP contribution in [0, 0.1) is 5.92 Å². The first-order chi connectivity index (χ1) is 11.4. The van der Waals surface area contributed by atoms with Gasteiger partial charge < -0.3 is 21.1 Å². The van der Waals surface area contributed by atoms with Crippen LogP contribution in [-0.4, -0.2) is 24.5 Å². The molecule has 132 valence electrons. The lowest BCUT2D eigenvalue weighted by Gasteiger charge is -2.09. The zero-order chi connectivity index (χ0) is 17.9. The van der Waals surface area contributed by atoms with Crippen LogP contribution in [0.2, 0.25) is 0 Å². The molecule has 0 fully saturated rings. The zero-order valence-electron chi connectivity index (χ0n) is 14.1. The van der Waals surface area contributed by atoms with Gasteiger partial charge in [-0.15, -0.1) is 0 Å². The molecule has 4 N–H and O–H groups in total. The molecule has 0 aliphatic carbocycles. The number of carbonyl (C=O) groups is 3. The molecule has 0 saturated carbocycles. The van der Waals surface area contributed by atoms with E-state index in [0.717, 1.165) is 5.56 Å². The molecule has 0 aliphatic heterocycles. The van der Waals surface area contributed by atoms with Crippen LogP contribution in [0.5, 0.6) is 0 Å². The standard InChI is InChI=1S/C17H25N3O4/c1-12(2)16(22)24-11-13-6-8-14(9-7-13)20-15(21)5-3-4-10-19-17(18)23/h6-9,12H,3-5,10-11H2,1-2H3,(H,20,21)(H3,18,19,23). The topological polar surface area (TPSA) is 111 Å². The second-order valence-electron chi connectivity index (χ2n) is 5.76. The summed E-state index contributed by atoms with van der Waals surface area (Å²) >= 11 is 0. The van der Waals surface area contributed by atoms with E-state index >= 15 is 0 Å². The van der Waals surface area contributed by atoms with Crippen molar-refractivity contribution in [2.45, 2.75) is 39.7 Å². The summed E-state index contributed by atoms with van der Waals surface area (Å²) in [5.41, 5.74) is 6.49. The number of benzene rings is 1. The van der Waals surface area contributed by atoms with Gasteiger partial charge in [-0.25, -0.2) is 4.79 Å². The quantitative estimate of drug-likeness (QED) is 0.474. The average Bonchev–Trinajstić information content (AvgIpc) is 2.53. The van der Waals surface area contributed by atoms with E-state index in [1.54, 1.807) is 38.1 Å². The first kappa shape index (κ1) is 19.5. The Hall–Kier alpha value is -2.57. The molecule has 0 spiro atoms. The number of nitrogens with one attached hydrogen (secondary N) is 2. The monoisotopic (exact) mass is 335 g/mol. The largest absolute Gasteiger partial charge is 0.461 e. The molecule has 24 heavy (non-hydrogen) atoms. The molecule has 0 bridgehead atoms. The highest BCUT2D eigenvalue weighted by atomic mass is 16.5. The summed E-state index contributed by atoms with van der Waals surface area (Å²) in [5, 5.41) is 5.27. The van der Waals surface area contributed by atoms with Gasteiger partial charge in [-0.2, -0.15) is 0 Å². The molecule has 1 rings (SSSR count). The van der Waals surface area contributed by atoms with Crippen LogP contribution in [-0.2, 0) is 20.9 Å². The molecule has 0 aliphatic rings. The number of amides is 3. The summed E-state index contributed by atoms with van der Waals surface area (Å²) in [7, 11) is 0. The molecular formula is C17H25N3O4. The fraction of sp³-hybridized carbons (Fsp3) is 0.471. The first-order valence-corrected chi connectivity index (χ1v) is 7.97. The summed E-state index contributed by atoms with van der Waals surface area (Å²) in [6, 6.07) is 6.59. The minimum atomic E-state index is -0.557. The number of carbonyl (C=O) groups excluding carboxylic acids is 3. The third-order valence-electron chi connectivity index (χ3n) is 3.22. The van der Waals surface area contributed by atoms with Crippen LogP contribution in [0.3, 0.4) is 0 Å². The number of primary amides is 1. The Morgan fingerprint density at radius 3 is 2.38 bits per heavy atom. The summed E-state index contributed by atoms with van der Waals surface area (Å²) in [5.74, 6) is -0.479. The molecule has 3 amide bonds. The van der Waals surface area contributed by atoms with Crippen molar-refractivity contribution < 1.29 is 19.1 Å². The Bertz CT molecular complexity index is 555. The van der Waals surface area contributed by atoms with Crippen molar-refractivity contribution in [2.24, 2.45) is 11.7 Å². The number of nitrogens with two attached hydrogens (primary N) is 1. The predicted octanol–water partition coefficient (Wildman–Crippen LogP) is 2.16. The van der Waals surface area contributed by atoms with Crippen molar-refractivity contribution in [3.05, 3.63) is 29.8 Å². The van der Waals surface area contributed by atoms with Crippen LogP contribution in [0.15, 0.2) is 24.3 Å². The summed E-state index contributed by atoms with van der Waals surface area (Å²) < 4.78 is 5.14. The van der Waals surface area contributed by atoms with Crippen LogP contribution >= 0.6 is 0 Å². The van der Waals surface area contributed by atoms with Crippen molar-refractivity contribution in [1.29, 1.82) is 0 Å². The van der Waals surface area contributed by atoms with E-state index in [2.05, 4.69) is 10.6 Å². The van der Waals surface area contributed by atoms with Gasteiger partial charge in [0.15, 0.2) is 0 Å². The SMILES string of the molecule is CC(C)C(=O)OCc1ccc(NC(=O)CCCCNC(N)=O)cc1. The highest BCUT2D eigenvalue weighted by Crippen LogP contribution is 2.12. The Kier molecular flexibility index (Phi) is 8.32. The van der Waals surface area contributed by atoms with Gasteiger partial charge in [0.05, 0.1) is 5.92 Å². The minimum absolute atomic E-state index is 0.0898. The van der Waals surface area contributed by atoms with E-state index in [4.69, 9.17) is 10.5 Å². The summed E-state index contributed by atoms with van der Waals surface area (Å²) in [6.45, 7) is 4.25. The molecule has 0 heterocycles. The van der Waals surface area contributed by atoms with Crippen LogP contribution in [0.1, 0.15) is 38.7 Å². The number of ether oxygens (including phenoxy) is 1. The van der Waals surface area contributed by atoms with Crippen molar-refractivity contribution in [3.8, 4) is 0 Å². The van der Waals surface area contributed by atoms with Gasteiger partial charge in [0.1, 0.15) is 6.61 Å². The molecule has 1 aromatic carbocycles. The lowest BCUT2D eigenvalue weighted by atomic mass is 10.2. The number of unbranched alkanes of at least 4 members (excludes halogenated alkanes) is 1. The van der Waals surface area contributed by atoms with E-state index in [-0.39, 0.29) is 24.4 Å². The number of rotatable bonds is 9. The van der Waals surface area contributed by atoms with Gasteiger partial charge in [-0.1, -0.05) is 26.0 Å². The van der Waals surface area contributed by atoms with Gasteiger partial charge in [-0.05, 0) is 30.5 Å². The van der Waals surface area contributed by atoms with Crippen LogP contribution in [0.4, 0.5) is 10.5 Å². The molecule has 0 saturated heterocycles. The highest BCUT2D eigenvalue weighted by Gasteiger charge is 2.08. The third-order valence-corrected chi connectivity index (χ3v) is 3.22. The molecule has 0 atom stereocenters. The van der Waals surface area contributed by atoms with Gasteiger partial charge >= 0.3 is 12.0 Å². The fourth-order valence-corrected chi connectivity index (χ4v) is 1.85. The molecular weight excluding hydrogens is 310 g/mol. The molecule has 0 aromatic heterocycles. The fourth-order valence-electron chi connectivity index (χ4n) is 1.85. The van der Waals surface area contributed by atoms with Crippen LogP contribution < -0.4 is 16.4 Å². The third kappa shape index (κ3) is 8.17. The van der Waals surface area contributed by atoms with Gasteiger partial charge in [-0.3, -0.25) is 9.59 Å². The number of hydrogen-bond donors (Lipinski definition) is 3. The Morgan fingerprint density at radius 1 is 1.12 bits per heavy atom. The Balaban J connectivity index is 2.29. The second-order valence-corrected chi connectivity index (χ2v) is 5.76. The highest BCUT2D eigenvalue weighted by molar-refractivity contribution is 5.90. The second kappa shape index (κ2) is 10.3. The van der Waals surface area contributed by atoms with E-state index in [1.165, 1.54) is 0 Å². The van der Waals surface area contributed by atoms with Crippen molar-refractivity contribution >= 4 is 23.6 Å². The van der Waals surface area contributed by atoms with Crippen LogP contribution in [0.25, 0.3) is 0 Å². The average molecular weight is 335 g/mol. The lowest BCUT2D eigenvalue weighted by molar-refractivity contribution is -0.148. The lowest BCUT2D eigenvalue weighted by Crippen LogP contribution is -2.30. The summed E-state index contributed by atoms with van der Waals surface area (Å²) in [4.78, 5) is 33.7. The molecule has 1 aromatic rings. The number of anilines is 1. The molecule has 0 unspecified atom stereocenters. The van der Waals surface area contributed by atoms with Gasteiger partial charge in [0.2, 0.25) is 5.91 Å². The van der Waals surface area contributed by atoms with E-state index < -0.39 is 6.03 Å². The van der Waals surface area contributed by atoms with E-state index in [1.807, 2.05) is 0 Å². The maximum Gasteiger partial charge on any atom is 0.312 e. The van der Waals surface area contributed by atoms with E-state index in [9.17, 15) is 14.4 Å². The number of urea groups is 1. The van der Waals surface area contributed by atoms with Crippen molar-refractivity contribution in [3.63, 3.8) is 0 Å². The van der Waals surface area contributed by atoms with Crippen molar-refractivity contribution in [2.75, 3.05) is 11.9 Å². The van der Waals surface area contributed by atoms with Crippen molar-refractivity contribution in [1.82, 2.24) is 5.32 Å². The predicted molar refractivity (Wildman–Crippen MR) is 91.1 cm³/mol. The number of hydrogen-bond acceptors (Lipinski definition) is 4. The Morgan fingerprint density at radius 2 is 1.79 bits per heavy atom. The van der Waals surface area contributed by atoms with Gasteiger partial charge in [0, 0.05) is 18.7 Å². The normalized spacial score (nSPS) is 10.3. The molecule has 0 radical (unpaired) electrons. The Labute approximate surface area is 141 Å². The maximum atomic E-state index is 11.8. The first-order valence-electron chi connectivity index (χ1n) is 7.97. The maximum absolute atomic E-state index is 11.8. The summed E-state index contributed by atoms with van der Waals surface area (Å²) in [6.07, 6.45) is 1.72. The molecule has 7 heteroatoms. The minimum Gasteiger partial charge on any atom is -0.461 e. The zero-order valence-corrected chi connectivity index (χ0v) is 14.1. The number of esters is 1. The van der Waals surface area contributed by atoms with Gasteiger partial charge in [0.25, 0.3) is 0 Å². The smallest absolute Gasteiger partial charge is 0.312 e. The van der Waals surface area contributed by atoms with E-state index in [0.29, 0.717) is 31.5 Å².